The predicted molar refractivity (Wildman–Crippen MR) is 85.0 cm³/mol. The Morgan fingerprint density at radius 2 is 1.55 bits per heavy atom. The zero-order valence-corrected chi connectivity index (χ0v) is 11.7. The Hall–Kier alpha value is -2.88. The summed E-state index contributed by atoms with van der Waals surface area (Å²) in [5.41, 5.74) is 1.53. The normalized spacial score (nSPS) is 11.5. The molecule has 108 valence electrons. The second-order valence-electron chi connectivity index (χ2n) is 5.27. The third kappa shape index (κ3) is 1.92. The van der Waals surface area contributed by atoms with Gasteiger partial charge in [0.1, 0.15) is 5.52 Å². The first-order chi connectivity index (χ1) is 10.7. The molecule has 0 aliphatic heterocycles. The summed E-state index contributed by atoms with van der Waals surface area (Å²) in [6.45, 7) is 0. The van der Waals surface area contributed by atoms with Gasteiger partial charge in [0, 0.05) is 17.2 Å². The Morgan fingerprint density at radius 1 is 0.955 bits per heavy atom. The zero-order chi connectivity index (χ0) is 15.1. The monoisotopic (exact) mass is 291 g/mol. The molecule has 4 rings (SSSR count). The van der Waals surface area contributed by atoms with Gasteiger partial charge in [-0.05, 0) is 10.8 Å². The topological polar surface area (TPSA) is 63.3 Å². The van der Waals surface area contributed by atoms with Crippen molar-refractivity contribution >= 4 is 38.6 Å². The van der Waals surface area contributed by atoms with Crippen molar-refractivity contribution < 1.29 is 14.3 Å². The number of oxazole rings is 1. The lowest BCUT2D eigenvalue weighted by molar-refractivity contribution is -0.137. The minimum atomic E-state index is -0.850. The molecule has 0 saturated heterocycles. The molecular weight excluding hydrogens is 278 g/mol. The van der Waals surface area contributed by atoms with Gasteiger partial charge in [0.25, 0.3) is 0 Å². The second kappa shape index (κ2) is 4.84. The van der Waals surface area contributed by atoms with Crippen molar-refractivity contribution in [1.29, 1.82) is 0 Å². The molecule has 0 radical (unpaired) electrons. The van der Waals surface area contributed by atoms with Gasteiger partial charge in [-0.3, -0.25) is 4.79 Å². The van der Waals surface area contributed by atoms with Crippen LogP contribution in [0.2, 0.25) is 0 Å². The van der Waals surface area contributed by atoms with Gasteiger partial charge in [0.05, 0.1) is 6.42 Å². The fourth-order valence-corrected chi connectivity index (χ4v) is 2.89. The Labute approximate surface area is 126 Å². The minimum absolute atomic E-state index is 0.0166. The number of hydrogen-bond acceptors (Lipinski definition) is 3. The molecule has 0 saturated carbocycles. The number of fused-ring (bicyclic) bond motifs is 6. The van der Waals surface area contributed by atoms with Crippen LogP contribution in [0.5, 0.6) is 0 Å². The molecule has 0 spiro atoms. The molecule has 1 heterocycles. The largest absolute Gasteiger partial charge is 0.481 e. The molecule has 0 aliphatic rings. The number of aryl methyl sites for hydroxylation is 1. The lowest BCUT2D eigenvalue weighted by Crippen LogP contribution is -1.97. The fourth-order valence-electron chi connectivity index (χ4n) is 2.89. The minimum Gasteiger partial charge on any atom is -0.481 e. The maximum atomic E-state index is 10.7. The highest BCUT2D eigenvalue weighted by Crippen LogP contribution is 2.35. The summed E-state index contributed by atoms with van der Waals surface area (Å²) in [4.78, 5) is 15.3. The fraction of sp³-hybridized carbons (Fsp3) is 0.111. The molecule has 0 amide bonds. The molecule has 1 N–H and O–H groups in total. The highest BCUT2D eigenvalue weighted by atomic mass is 16.4. The third-order valence-corrected chi connectivity index (χ3v) is 3.87. The van der Waals surface area contributed by atoms with Crippen molar-refractivity contribution in [3.05, 3.63) is 54.4 Å². The van der Waals surface area contributed by atoms with Crippen LogP contribution in [0.4, 0.5) is 0 Å². The van der Waals surface area contributed by atoms with E-state index in [1.807, 2.05) is 36.4 Å². The first-order valence-corrected chi connectivity index (χ1v) is 7.15. The molecule has 4 nitrogen and oxygen atoms in total. The maximum Gasteiger partial charge on any atom is 0.303 e. The van der Waals surface area contributed by atoms with Crippen LogP contribution >= 0.6 is 0 Å². The van der Waals surface area contributed by atoms with Crippen molar-refractivity contribution in [3.63, 3.8) is 0 Å². The van der Waals surface area contributed by atoms with E-state index in [0.29, 0.717) is 12.3 Å². The molecule has 4 heteroatoms. The van der Waals surface area contributed by atoms with Crippen molar-refractivity contribution in [2.45, 2.75) is 12.8 Å². The molecule has 0 unspecified atom stereocenters. The average Bonchev–Trinajstić information content (AvgIpc) is 2.98. The van der Waals surface area contributed by atoms with Crippen molar-refractivity contribution in [2.75, 3.05) is 0 Å². The van der Waals surface area contributed by atoms with Gasteiger partial charge >= 0.3 is 5.97 Å². The average molecular weight is 291 g/mol. The van der Waals surface area contributed by atoms with Crippen LogP contribution in [0.3, 0.4) is 0 Å². The standard InChI is InChI=1S/C18H13NO3/c20-16(21)10-9-15-19-17-13-7-3-1-5-11(13)12-6-2-4-8-14(12)18(17)22-15/h1-8H,9-10H2,(H,20,21). The summed E-state index contributed by atoms with van der Waals surface area (Å²) in [6.07, 6.45) is 0.315. The smallest absolute Gasteiger partial charge is 0.303 e. The quantitative estimate of drug-likeness (QED) is 0.576. The van der Waals surface area contributed by atoms with Gasteiger partial charge in [-0.1, -0.05) is 48.5 Å². The summed E-state index contributed by atoms with van der Waals surface area (Å²) in [5.74, 6) is -0.379. The predicted octanol–water partition coefficient (Wildman–Crippen LogP) is 4.15. The van der Waals surface area contributed by atoms with Gasteiger partial charge in [-0.25, -0.2) is 4.98 Å². The highest BCUT2D eigenvalue weighted by molar-refractivity contribution is 6.22. The Morgan fingerprint density at radius 3 is 2.23 bits per heavy atom. The Balaban J connectivity index is 2.07. The van der Waals surface area contributed by atoms with E-state index in [4.69, 9.17) is 9.52 Å². The van der Waals surface area contributed by atoms with Crippen molar-refractivity contribution in [1.82, 2.24) is 4.98 Å². The van der Waals surface area contributed by atoms with Crippen LogP contribution in [-0.4, -0.2) is 16.1 Å². The number of hydrogen-bond donors (Lipinski definition) is 1. The number of aromatic nitrogens is 1. The van der Waals surface area contributed by atoms with E-state index in [-0.39, 0.29) is 6.42 Å². The number of rotatable bonds is 3. The van der Waals surface area contributed by atoms with Crippen LogP contribution in [0.1, 0.15) is 12.3 Å². The molecule has 1 aromatic heterocycles. The van der Waals surface area contributed by atoms with Gasteiger partial charge in [-0.2, -0.15) is 0 Å². The van der Waals surface area contributed by atoms with Gasteiger partial charge < -0.3 is 9.52 Å². The SMILES string of the molecule is O=C(O)CCc1nc2c3ccccc3c3ccccc3c2o1. The van der Waals surface area contributed by atoms with Crippen LogP contribution < -0.4 is 0 Å². The van der Waals surface area contributed by atoms with Gasteiger partial charge in [0.2, 0.25) is 0 Å². The van der Waals surface area contributed by atoms with Crippen molar-refractivity contribution in [3.8, 4) is 0 Å². The highest BCUT2D eigenvalue weighted by Gasteiger charge is 2.14. The van der Waals surface area contributed by atoms with Crippen LogP contribution in [0.25, 0.3) is 32.6 Å². The number of nitrogens with zero attached hydrogens (tertiary/aromatic N) is 1. The molecular formula is C18H13NO3. The molecule has 4 aromatic rings. The Kier molecular flexibility index (Phi) is 2.82. The van der Waals surface area contributed by atoms with E-state index >= 15 is 0 Å². The number of carboxylic acids is 1. The molecule has 22 heavy (non-hydrogen) atoms. The summed E-state index contributed by atoms with van der Waals surface area (Å²) in [6, 6.07) is 16.1. The maximum absolute atomic E-state index is 10.7. The second-order valence-corrected chi connectivity index (χ2v) is 5.27. The third-order valence-electron chi connectivity index (χ3n) is 3.87. The van der Waals surface area contributed by atoms with E-state index in [2.05, 4.69) is 17.1 Å². The molecule has 0 aliphatic carbocycles. The van der Waals surface area contributed by atoms with Crippen LogP contribution in [-0.2, 0) is 11.2 Å². The molecule has 0 atom stereocenters. The summed E-state index contributed by atoms with van der Waals surface area (Å²) >= 11 is 0. The van der Waals surface area contributed by atoms with Crippen LogP contribution in [0, 0.1) is 0 Å². The van der Waals surface area contributed by atoms with Crippen molar-refractivity contribution in [2.24, 2.45) is 0 Å². The molecule has 0 fully saturated rings. The molecule has 0 bridgehead atoms. The first kappa shape index (κ1) is 12.8. The van der Waals surface area contributed by atoms with Crippen LogP contribution in [0.15, 0.2) is 52.9 Å². The summed E-state index contributed by atoms with van der Waals surface area (Å²) in [5, 5.41) is 13.1. The summed E-state index contributed by atoms with van der Waals surface area (Å²) in [7, 11) is 0. The number of aliphatic carboxylic acids is 1. The van der Waals surface area contributed by atoms with E-state index in [0.717, 1.165) is 32.6 Å². The van der Waals surface area contributed by atoms with Gasteiger partial charge in [0.15, 0.2) is 11.5 Å². The van der Waals surface area contributed by atoms with E-state index in [9.17, 15) is 4.79 Å². The lowest BCUT2D eigenvalue weighted by atomic mass is 10.0. The number of carbonyl (C=O) groups is 1. The van der Waals surface area contributed by atoms with E-state index < -0.39 is 5.97 Å². The lowest BCUT2D eigenvalue weighted by Gasteiger charge is -2.04. The molecule has 3 aromatic carbocycles. The van der Waals surface area contributed by atoms with E-state index in [1.54, 1.807) is 0 Å². The number of benzene rings is 3. The van der Waals surface area contributed by atoms with Gasteiger partial charge in [-0.15, -0.1) is 0 Å². The first-order valence-electron chi connectivity index (χ1n) is 7.15. The zero-order valence-electron chi connectivity index (χ0n) is 11.7. The Bertz CT molecular complexity index is 944. The van der Waals surface area contributed by atoms with E-state index in [1.165, 1.54) is 0 Å². The summed E-state index contributed by atoms with van der Waals surface area (Å²) < 4.78 is 5.87. The number of carboxylic acid groups (broad SMARTS) is 1.